The number of aliphatic hydroxyl groups excluding tert-OH is 1. The molecule has 7 heteroatoms. The number of pyridine rings is 1. The van der Waals surface area contributed by atoms with Crippen molar-refractivity contribution in [2.75, 3.05) is 26.8 Å². The highest BCUT2D eigenvalue weighted by Gasteiger charge is 2.43. The van der Waals surface area contributed by atoms with Crippen molar-refractivity contribution in [1.29, 1.82) is 0 Å². The van der Waals surface area contributed by atoms with Gasteiger partial charge in [-0.3, -0.25) is 9.88 Å². The smallest absolute Gasteiger partial charge is 0.167 e. The van der Waals surface area contributed by atoms with E-state index in [1.807, 2.05) is 48.7 Å². The Hall–Kier alpha value is -3.00. The third-order valence-corrected chi connectivity index (χ3v) is 8.07. The normalized spacial score (nSPS) is 24.6. The zero-order valence-electron chi connectivity index (χ0n) is 20.6. The summed E-state index contributed by atoms with van der Waals surface area (Å²) in [5.74, 6) is 1.96. The van der Waals surface area contributed by atoms with Gasteiger partial charge in [-0.15, -0.1) is 6.58 Å². The molecule has 4 unspecified atom stereocenters. The second-order valence-corrected chi connectivity index (χ2v) is 10.2. The van der Waals surface area contributed by atoms with Crippen LogP contribution in [0.25, 0.3) is 10.9 Å². The number of benzene rings is 2. The van der Waals surface area contributed by atoms with Gasteiger partial charge in [0.15, 0.2) is 5.11 Å². The van der Waals surface area contributed by atoms with Crippen molar-refractivity contribution >= 4 is 28.2 Å². The second kappa shape index (κ2) is 10.9. The van der Waals surface area contributed by atoms with Crippen molar-refractivity contribution in [2.45, 2.75) is 31.0 Å². The van der Waals surface area contributed by atoms with Crippen molar-refractivity contribution < 1.29 is 9.84 Å². The Kier molecular flexibility index (Phi) is 7.51. The van der Waals surface area contributed by atoms with E-state index < -0.39 is 0 Å². The zero-order chi connectivity index (χ0) is 25.1. The van der Waals surface area contributed by atoms with Gasteiger partial charge in [-0.25, -0.2) is 0 Å². The fourth-order valence-corrected chi connectivity index (χ4v) is 6.18. The second-order valence-electron chi connectivity index (χ2n) is 9.77. The first-order valence-corrected chi connectivity index (χ1v) is 13.0. The molecular weight excluding hydrogens is 468 g/mol. The third kappa shape index (κ3) is 4.96. The van der Waals surface area contributed by atoms with Gasteiger partial charge in [0.2, 0.25) is 0 Å². The maximum absolute atomic E-state index is 10.1. The number of hydrogen-bond donors (Lipinski definition) is 3. The molecule has 3 fully saturated rings. The van der Waals surface area contributed by atoms with Gasteiger partial charge in [0.05, 0.1) is 31.3 Å². The Balaban J connectivity index is 1.48. The van der Waals surface area contributed by atoms with E-state index in [0.717, 1.165) is 47.3 Å². The van der Waals surface area contributed by atoms with Crippen molar-refractivity contribution in [3.05, 3.63) is 84.6 Å². The summed E-state index contributed by atoms with van der Waals surface area (Å²) in [6, 6.07) is 18.0. The molecule has 6 nitrogen and oxygen atoms in total. The van der Waals surface area contributed by atoms with Gasteiger partial charge < -0.3 is 20.5 Å². The van der Waals surface area contributed by atoms with E-state index in [-0.39, 0.29) is 24.7 Å². The maximum atomic E-state index is 10.1. The SMILES string of the molecule is C=CC1CN2CCC1CC2[C@@H](NC(=S)N[C@@H](CO)c1ccccc1)c1ccnc2ccc(OC)cc12. The highest BCUT2D eigenvalue weighted by atomic mass is 32.1. The summed E-state index contributed by atoms with van der Waals surface area (Å²) in [5.41, 5.74) is 3.07. The Morgan fingerprint density at radius 3 is 2.78 bits per heavy atom. The van der Waals surface area contributed by atoms with E-state index in [2.05, 4.69) is 45.3 Å². The molecule has 2 aromatic carbocycles. The summed E-state index contributed by atoms with van der Waals surface area (Å²) in [4.78, 5) is 7.19. The van der Waals surface area contributed by atoms with Crippen LogP contribution in [0.5, 0.6) is 5.75 Å². The van der Waals surface area contributed by atoms with Crippen LogP contribution in [0.1, 0.15) is 36.1 Å². The lowest BCUT2D eigenvalue weighted by Gasteiger charge is -2.52. The molecule has 0 aliphatic carbocycles. The van der Waals surface area contributed by atoms with Crippen LogP contribution < -0.4 is 15.4 Å². The number of aromatic nitrogens is 1. The van der Waals surface area contributed by atoms with Gasteiger partial charge in [-0.05, 0) is 78.8 Å². The highest BCUT2D eigenvalue weighted by molar-refractivity contribution is 7.80. The summed E-state index contributed by atoms with van der Waals surface area (Å²) in [6.07, 6.45) is 6.28. The predicted octanol–water partition coefficient (Wildman–Crippen LogP) is 4.38. The minimum absolute atomic E-state index is 0.0497. The lowest BCUT2D eigenvalue weighted by Crippen LogP contribution is -2.58. The Labute approximate surface area is 218 Å². The number of aliphatic hydroxyl groups is 1. The fraction of sp³-hybridized carbons (Fsp3) is 0.379. The van der Waals surface area contributed by atoms with Gasteiger partial charge >= 0.3 is 0 Å². The molecule has 3 aliphatic rings. The molecule has 0 spiro atoms. The molecule has 2 bridgehead atoms. The molecule has 0 amide bonds. The van der Waals surface area contributed by atoms with Crippen LogP contribution in [0.15, 0.2) is 73.4 Å². The van der Waals surface area contributed by atoms with E-state index >= 15 is 0 Å². The topological polar surface area (TPSA) is 69.7 Å². The number of nitrogens with one attached hydrogen (secondary N) is 2. The minimum atomic E-state index is -0.283. The lowest BCUT2D eigenvalue weighted by atomic mass is 9.73. The van der Waals surface area contributed by atoms with Crippen LogP contribution >= 0.6 is 12.2 Å². The maximum Gasteiger partial charge on any atom is 0.167 e. The average Bonchev–Trinajstić information content (AvgIpc) is 2.94. The van der Waals surface area contributed by atoms with Crippen LogP contribution in [0, 0.1) is 11.8 Å². The summed E-state index contributed by atoms with van der Waals surface area (Å²) < 4.78 is 5.54. The molecule has 0 radical (unpaired) electrons. The summed E-state index contributed by atoms with van der Waals surface area (Å²) in [5, 5.41) is 18.7. The first-order valence-electron chi connectivity index (χ1n) is 12.6. The Bertz CT molecular complexity index is 1220. The van der Waals surface area contributed by atoms with Crippen LogP contribution in [-0.2, 0) is 0 Å². The van der Waals surface area contributed by atoms with Crippen LogP contribution in [0.4, 0.5) is 0 Å². The van der Waals surface area contributed by atoms with Crippen LogP contribution in [-0.4, -0.2) is 53.0 Å². The van der Waals surface area contributed by atoms with E-state index in [0.29, 0.717) is 16.9 Å². The number of methoxy groups -OCH3 is 1. The number of piperidine rings is 3. The molecule has 4 heterocycles. The van der Waals surface area contributed by atoms with E-state index in [4.69, 9.17) is 17.0 Å². The third-order valence-electron chi connectivity index (χ3n) is 7.83. The first-order chi connectivity index (χ1) is 17.6. The molecule has 3 saturated heterocycles. The first kappa shape index (κ1) is 24.7. The molecule has 188 valence electrons. The van der Waals surface area contributed by atoms with Gasteiger partial charge in [0.1, 0.15) is 5.75 Å². The number of fused-ring (bicyclic) bond motifs is 4. The van der Waals surface area contributed by atoms with Gasteiger partial charge in [0, 0.05) is 24.2 Å². The molecule has 3 aliphatic heterocycles. The summed E-state index contributed by atoms with van der Waals surface area (Å²) in [7, 11) is 1.69. The largest absolute Gasteiger partial charge is 0.497 e. The summed E-state index contributed by atoms with van der Waals surface area (Å²) in [6.45, 7) is 6.14. The molecule has 6 rings (SSSR count). The number of thiocarbonyl (C=S) groups is 1. The standard InChI is InChI=1S/C29H34N4O2S/c1-3-19-17-33-14-12-21(19)15-27(33)28(23-11-13-30-25-10-9-22(35-2)16-24(23)25)32-29(36)31-26(18-34)20-7-5-4-6-8-20/h3-11,13,16,19,21,26-28,34H,1,12,14-15,17-18H2,2H3,(H2,31,32,36)/t19?,21?,26-,27?,28-/m0/s1. The lowest BCUT2D eigenvalue weighted by molar-refractivity contribution is 0.00425. The highest BCUT2D eigenvalue weighted by Crippen LogP contribution is 2.42. The number of hydrogen-bond acceptors (Lipinski definition) is 5. The molecule has 3 N–H and O–H groups in total. The molecule has 3 aromatic rings. The predicted molar refractivity (Wildman–Crippen MR) is 148 cm³/mol. The summed E-state index contributed by atoms with van der Waals surface area (Å²) >= 11 is 5.84. The zero-order valence-corrected chi connectivity index (χ0v) is 21.5. The Morgan fingerprint density at radius 2 is 2.08 bits per heavy atom. The molecular formula is C29H34N4O2S. The fourth-order valence-electron chi connectivity index (χ4n) is 5.91. The molecule has 6 atom stereocenters. The molecule has 0 saturated carbocycles. The van der Waals surface area contributed by atoms with E-state index in [9.17, 15) is 5.11 Å². The Morgan fingerprint density at radius 1 is 1.25 bits per heavy atom. The minimum Gasteiger partial charge on any atom is -0.497 e. The average molecular weight is 503 g/mol. The van der Waals surface area contributed by atoms with Crippen LogP contribution in [0.3, 0.4) is 0 Å². The van der Waals surface area contributed by atoms with Gasteiger partial charge in [-0.1, -0.05) is 36.4 Å². The van der Waals surface area contributed by atoms with Crippen molar-refractivity contribution in [1.82, 2.24) is 20.5 Å². The van der Waals surface area contributed by atoms with Crippen molar-refractivity contribution in [3.63, 3.8) is 0 Å². The van der Waals surface area contributed by atoms with Gasteiger partial charge in [0.25, 0.3) is 0 Å². The van der Waals surface area contributed by atoms with E-state index in [1.54, 1.807) is 7.11 Å². The van der Waals surface area contributed by atoms with Crippen molar-refractivity contribution in [3.8, 4) is 5.75 Å². The number of nitrogens with zero attached hydrogens (tertiary/aromatic N) is 2. The monoisotopic (exact) mass is 502 g/mol. The van der Waals surface area contributed by atoms with Crippen LogP contribution in [0.2, 0.25) is 0 Å². The number of rotatable bonds is 8. The molecule has 1 aromatic heterocycles. The number of ether oxygens (including phenoxy) is 1. The van der Waals surface area contributed by atoms with E-state index in [1.165, 1.54) is 6.42 Å². The molecule has 36 heavy (non-hydrogen) atoms. The van der Waals surface area contributed by atoms with Gasteiger partial charge in [-0.2, -0.15) is 0 Å². The quantitative estimate of drug-likeness (QED) is 0.312. The van der Waals surface area contributed by atoms with Crippen molar-refractivity contribution in [2.24, 2.45) is 11.8 Å².